The quantitative estimate of drug-likeness (QED) is 0.218. The van der Waals surface area contributed by atoms with Gasteiger partial charge in [0.1, 0.15) is 15.7 Å². The highest BCUT2D eigenvalue weighted by Gasteiger charge is 2.20. The van der Waals surface area contributed by atoms with E-state index in [1.54, 1.807) is 12.1 Å². The lowest BCUT2D eigenvalue weighted by atomic mass is 10.1. The molecule has 2 N–H and O–H groups in total. The monoisotopic (exact) mass is 540 g/mol. The van der Waals surface area contributed by atoms with Gasteiger partial charge in [0.2, 0.25) is 0 Å². The van der Waals surface area contributed by atoms with Gasteiger partial charge in [-0.25, -0.2) is 12.8 Å². The fourth-order valence-corrected chi connectivity index (χ4v) is 3.87. The largest absolute Gasteiger partial charge is 0.357 e. The summed E-state index contributed by atoms with van der Waals surface area (Å²) in [4.78, 5) is 6.85. The van der Waals surface area contributed by atoms with Crippen molar-refractivity contribution in [3.05, 3.63) is 35.6 Å². The van der Waals surface area contributed by atoms with Gasteiger partial charge in [-0.15, -0.1) is 24.0 Å². The predicted octanol–water partition coefficient (Wildman–Crippen LogP) is 2.44. The van der Waals surface area contributed by atoms with E-state index in [0.29, 0.717) is 19.1 Å². The van der Waals surface area contributed by atoms with Crippen LogP contribution in [-0.2, 0) is 16.3 Å². The molecule has 0 atom stereocenters. The third-order valence-electron chi connectivity index (χ3n) is 4.83. The number of likely N-dealkylation sites (tertiary alicyclic amines) is 1. The maximum atomic E-state index is 13.2. The Bertz CT molecular complexity index is 738. The van der Waals surface area contributed by atoms with Crippen LogP contribution in [0.25, 0.3) is 0 Å². The molecule has 9 heteroatoms. The number of rotatable bonds is 9. The van der Waals surface area contributed by atoms with Crippen molar-refractivity contribution in [2.45, 2.75) is 38.6 Å². The summed E-state index contributed by atoms with van der Waals surface area (Å²) in [6.45, 7) is 5.91. The molecule has 0 bridgehead atoms. The van der Waals surface area contributed by atoms with Crippen LogP contribution >= 0.6 is 24.0 Å². The van der Waals surface area contributed by atoms with Crippen molar-refractivity contribution in [3.63, 3.8) is 0 Å². The zero-order chi connectivity index (χ0) is 20.4. The van der Waals surface area contributed by atoms with Gasteiger partial charge in [-0.3, -0.25) is 4.99 Å². The van der Waals surface area contributed by atoms with E-state index in [-0.39, 0.29) is 35.5 Å². The van der Waals surface area contributed by atoms with Crippen LogP contribution < -0.4 is 10.6 Å². The molecule has 0 aliphatic carbocycles. The second-order valence-corrected chi connectivity index (χ2v) is 9.64. The molecule has 1 fully saturated rings. The number of hydrogen-bond donors (Lipinski definition) is 2. The Kier molecular flexibility index (Phi) is 12.0. The third-order valence-corrected chi connectivity index (χ3v) is 5.76. The number of aryl methyl sites for hydroxylation is 1. The Hall–Kier alpha value is -0.940. The minimum Gasteiger partial charge on any atom is -0.357 e. The first-order valence-corrected chi connectivity index (χ1v) is 12.1. The number of benzene rings is 1. The average Bonchev–Trinajstić information content (AvgIpc) is 2.64. The first-order chi connectivity index (χ1) is 13.4. The van der Waals surface area contributed by atoms with Gasteiger partial charge < -0.3 is 15.5 Å². The van der Waals surface area contributed by atoms with Crippen molar-refractivity contribution >= 4 is 39.8 Å². The fourth-order valence-electron chi connectivity index (χ4n) is 3.28. The zero-order valence-electron chi connectivity index (χ0n) is 17.4. The normalized spacial score (nSPS) is 16.3. The lowest BCUT2D eigenvalue weighted by Crippen LogP contribution is -2.49. The molecule has 6 nitrogen and oxygen atoms in total. The van der Waals surface area contributed by atoms with Gasteiger partial charge in [-0.1, -0.05) is 12.1 Å². The highest BCUT2D eigenvalue weighted by molar-refractivity contribution is 14.0. The number of nitrogens with one attached hydrogen (secondary N) is 2. The van der Waals surface area contributed by atoms with Crippen LogP contribution in [0.5, 0.6) is 0 Å². The highest BCUT2D eigenvalue weighted by Crippen LogP contribution is 2.10. The van der Waals surface area contributed by atoms with E-state index in [4.69, 9.17) is 0 Å². The molecule has 0 radical (unpaired) electrons. The summed E-state index contributed by atoms with van der Waals surface area (Å²) in [7, 11) is -2.91. The highest BCUT2D eigenvalue weighted by atomic mass is 127. The minimum absolute atomic E-state index is 0. The number of piperidine rings is 1. The van der Waals surface area contributed by atoms with Crippen LogP contribution in [0.2, 0.25) is 0 Å². The maximum absolute atomic E-state index is 13.2. The van der Waals surface area contributed by atoms with Crippen LogP contribution in [-0.4, -0.2) is 70.1 Å². The van der Waals surface area contributed by atoms with Crippen molar-refractivity contribution in [1.29, 1.82) is 0 Å². The smallest absolute Gasteiger partial charge is 0.191 e. The maximum Gasteiger partial charge on any atom is 0.191 e. The molecule has 166 valence electrons. The number of nitrogens with zero attached hydrogens (tertiary/aromatic N) is 2. The van der Waals surface area contributed by atoms with Crippen molar-refractivity contribution in [1.82, 2.24) is 15.5 Å². The number of halogens is 2. The van der Waals surface area contributed by atoms with Crippen molar-refractivity contribution < 1.29 is 12.8 Å². The Balaban J connectivity index is 0.00000420. The van der Waals surface area contributed by atoms with Crippen molar-refractivity contribution in [2.24, 2.45) is 4.99 Å². The standard InChI is InChI=1S/C20H33FN4O2S.HI/c1-3-22-20(23-11-5-7-17-6-4-8-18(21)16-17)24-19-9-12-25(13-10-19)14-15-28(2,26)27;/h4,6,8,16,19H,3,5,7,9-15H2,1-2H3,(H2,22,23,24);1H. The first-order valence-electron chi connectivity index (χ1n) is 10.0. The van der Waals surface area contributed by atoms with Gasteiger partial charge in [0.25, 0.3) is 0 Å². The molecule has 0 saturated carbocycles. The first kappa shape index (κ1) is 26.1. The molecular weight excluding hydrogens is 506 g/mol. The number of sulfone groups is 1. The molecule has 0 amide bonds. The zero-order valence-corrected chi connectivity index (χ0v) is 20.5. The van der Waals surface area contributed by atoms with Crippen molar-refractivity contribution in [2.75, 3.05) is 44.7 Å². The molecular formula is C20H34FIN4O2S. The van der Waals surface area contributed by atoms with E-state index in [1.165, 1.54) is 12.3 Å². The van der Waals surface area contributed by atoms with E-state index in [2.05, 4.69) is 20.5 Å². The molecule has 1 aliphatic rings. The lowest BCUT2D eigenvalue weighted by Gasteiger charge is -2.32. The summed E-state index contributed by atoms with van der Waals surface area (Å²) in [5, 5.41) is 6.77. The molecule has 1 saturated heterocycles. The molecule has 0 aromatic heterocycles. The summed E-state index contributed by atoms with van der Waals surface area (Å²) in [6, 6.07) is 7.05. The molecule has 1 aromatic carbocycles. The summed E-state index contributed by atoms with van der Waals surface area (Å²) < 4.78 is 35.8. The van der Waals surface area contributed by atoms with E-state index in [9.17, 15) is 12.8 Å². The number of aliphatic imine (C=N–C) groups is 1. The Labute approximate surface area is 191 Å². The van der Waals surface area contributed by atoms with E-state index in [0.717, 1.165) is 56.8 Å². The summed E-state index contributed by atoms with van der Waals surface area (Å²) in [5.41, 5.74) is 0.995. The SMILES string of the molecule is CCNC(=NCCCc1cccc(F)c1)NC1CCN(CCS(C)(=O)=O)CC1.I. The summed E-state index contributed by atoms with van der Waals surface area (Å²) >= 11 is 0. The minimum atomic E-state index is -2.91. The van der Waals surface area contributed by atoms with Crippen molar-refractivity contribution in [3.8, 4) is 0 Å². The molecule has 29 heavy (non-hydrogen) atoms. The molecule has 1 heterocycles. The van der Waals surface area contributed by atoms with E-state index in [1.807, 2.05) is 13.0 Å². The molecule has 1 aliphatic heterocycles. The second-order valence-electron chi connectivity index (χ2n) is 7.38. The molecule has 0 spiro atoms. The molecule has 2 rings (SSSR count). The van der Waals surface area contributed by atoms with Gasteiger partial charge in [0.05, 0.1) is 5.75 Å². The predicted molar refractivity (Wildman–Crippen MR) is 128 cm³/mol. The Morgan fingerprint density at radius 3 is 2.66 bits per heavy atom. The summed E-state index contributed by atoms with van der Waals surface area (Å²) in [6.07, 6.45) is 4.90. The van der Waals surface area contributed by atoms with Gasteiger partial charge >= 0.3 is 0 Å². The average molecular weight is 540 g/mol. The van der Waals surface area contributed by atoms with Crippen LogP contribution in [0.3, 0.4) is 0 Å². The van der Waals surface area contributed by atoms with E-state index < -0.39 is 9.84 Å². The van der Waals surface area contributed by atoms with Gasteiger partial charge in [-0.2, -0.15) is 0 Å². The topological polar surface area (TPSA) is 73.8 Å². The van der Waals surface area contributed by atoms with Crippen LogP contribution in [0.4, 0.5) is 4.39 Å². The van der Waals surface area contributed by atoms with E-state index >= 15 is 0 Å². The molecule has 0 unspecified atom stereocenters. The Morgan fingerprint density at radius 2 is 2.03 bits per heavy atom. The lowest BCUT2D eigenvalue weighted by molar-refractivity contribution is 0.216. The number of hydrogen-bond acceptors (Lipinski definition) is 4. The molecule has 1 aromatic rings. The third kappa shape index (κ3) is 11.1. The van der Waals surface area contributed by atoms with Crippen LogP contribution in [0.1, 0.15) is 31.7 Å². The number of guanidine groups is 1. The van der Waals surface area contributed by atoms with Gasteiger partial charge in [-0.05, 0) is 50.3 Å². The van der Waals surface area contributed by atoms with Crippen LogP contribution in [0.15, 0.2) is 29.3 Å². The second kappa shape index (κ2) is 13.4. The van der Waals surface area contributed by atoms with Gasteiger partial charge in [0.15, 0.2) is 5.96 Å². The summed E-state index contributed by atoms with van der Waals surface area (Å²) in [5.74, 6) is 0.843. The van der Waals surface area contributed by atoms with Crippen LogP contribution in [0, 0.1) is 5.82 Å². The fraction of sp³-hybridized carbons (Fsp3) is 0.650. The van der Waals surface area contributed by atoms with Gasteiger partial charge in [0, 0.05) is 45.0 Å². The Morgan fingerprint density at radius 1 is 1.31 bits per heavy atom.